The van der Waals surface area contributed by atoms with Crippen molar-refractivity contribution in [1.82, 2.24) is 5.16 Å². The van der Waals surface area contributed by atoms with Gasteiger partial charge in [-0.3, -0.25) is 0 Å². The lowest BCUT2D eigenvalue weighted by molar-refractivity contribution is -0.274. The van der Waals surface area contributed by atoms with E-state index in [4.69, 9.17) is 9.26 Å². The zero-order chi connectivity index (χ0) is 24.9. The lowest BCUT2D eigenvalue weighted by atomic mass is 9.98. The predicted octanol–water partition coefficient (Wildman–Crippen LogP) is 7.60. The molecule has 0 amide bonds. The van der Waals surface area contributed by atoms with Gasteiger partial charge in [-0.25, -0.2) is 0 Å². The van der Waals surface area contributed by atoms with Gasteiger partial charge in [0.2, 0.25) is 0 Å². The summed E-state index contributed by atoms with van der Waals surface area (Å²) < 4.78 is 56.5. The van der Waals surface area contributed by atoms with Gasteiger partial charge in [0.25, 0.3) is 0 Å². The fourth-order valence-corrected chi connectivity index (χ4v) is 5.98. The van der Waals surface area contributed by atoms with Crippen LogP contribution in [0.15, 0.2) is 57.5 Å². The van der Waals surface area contributed by atoms with E-state index in [0.29, 0.717) is 17.8 Å². The molecule has 0 radical (unpaired) electrons. The number of benzene rings is 2. The topological polar surface area (TPSA) is 47.7 Å². The Morgan fingerprint density at radius 1 is 0.972 bits per heavy atom. The Kier molecular flexibility index (Phi) is 6.24. The minimum atomic E-state index is -4.79. The number of hydrogen-bond donors (Lipinski definition) is 0. The quantitative estimate of drug-likeness (QED) is 0.296. The van der Waals surface area contributed by atoms with Crippen LogP contribution < -0.4 is 9.64 Å². The molecule has 3 atom stereocenters. The van der Waals surface area contributed by atoms with Gasteiger partial charge in [-0.2, -0.15) is 0 Å². The highest BCUT2D eigenvalue weighted by Gasteiger charge is 2.42. The molecule has 1 unspecified atom stereocenters. The summed E-state index contributed by atoms with van der Waals surface area (Å²) in [5.74, 6) is 0.681. The fraction of sp³-hybridized carbons (Fsp3) is 0.444. The Labute approximate surface area is 215 Å². The molecular formula is C27H26BrF3N2O3. The first kappa shape index (κ1) is 23.9. The van der Waals surface area contributed by atoms with E-state index in [9.17, 15) is 13.2 Å². The van der Waals surface area contributed by atoms with Crippen molar-refractivity contribution in [1.29, 1.82) is 0 Å². The molecule has 3 fully saturated rings. The molecule has 2 aliphatic heterocycles. The molecule has 5 nitrogen and oxygen atoms in total. The van der Waals surface area contributed by atoms with Gasteiger partial charge in [0.1, 0.15) is 17.2 Å². The smallest absolute Gasteiger partial charge is 0.405 e. The van der Waals surface area contributed by atoms with E-state index in [-0.39, 0.29) is 29.9 Å². The van der Waals surface area contributed by atoms with E-state index < -0.39 is 6.36 Å². The predicted molar refractivity (Wildman–Crippen MR) is 132 cm³/mol. The number of halogens is 4. The van der Waals surface area contributed by atoms with Gasteiger partial charge in [-0.1, -0.05) is 33.2 Å². The molecule has 190 valence electrons. The number of hydrogen-bond acceptors (Lipinski definition) is 5. The van der Waals surface area contributed by atoms with E-state index in [1.807, 2.05) is 0 Å². The summed E-state index contributed by atoms with van der Waals surface area (Å²) in [6, 6.07) is 15.4. The molecule has 3 aromatic rings. The first-order valence-corrected chi connectivity index (χ1v) is 13.1. The molecule has 6 rings (SSSR count). The number of para-hydroxylation sites is 1. The maximum absolute atomic E-state index is 13.0. The highest BCUT2D eigenvalue weighted by molar-refractivity contribution is 9.10. The summed E-state index contributed by atoms with van der Waals surface area (Å²) in [7, 11) is 0. The molecule has 9 heteroatoms. The molecule has 0 N–H and O–H groups in total. The molecule has 2 aromatic carbocycles. The van der Waals surface area contributed by atoms with Crippen LogP contribution in [0.1, 0.15) is 55.8 Å². The van der Waals surface area contributed by atoms with E-state index in [1.54, 1.807) is 12.1 Å². The van der Waals surface area contributed by atoms with Gasteiger partial charge in [-0.15, -0.1) is 13.2 Å². The Morgan fingerprint density at radius 2 is 1.67 bits per heavy atom. The lowest BCUT2D eigenvalue weighted by Crippen LogP contribution is -2.45. The van der Waals surface area contributed by atoms with Crippen LogP contribution in [0.25, 0.3) is 11.3 Å². The van der Waals surface area contributed by atoms with Crippen molar-refractivity contribution >= 4 is 21.6 Å². The number of rotatable bonds is 7. The van der Waals surface area contributed by atoms with Crippen molar-refractivity contribution in [3.8, 4) is 17.0 Å². The van der Waals surface area contributed by atoms with Crippen molar-refractivity contribution in [3.05, 3.63) is 64.3 Å². The number of aromatic nitrogens is 1. The Bertz CT molecular complexity index is 1210. The number of piperidine rings is 1. The second-order valence-electron chi connectivity index (χ2n) is 9.87. The fourth-order valence-electron chi connectivity index (χ4n) is 5.71. The summed E-state index contributed by atoms with van der Waals surface area (Å²) >= 11 is 3.51. The van der Waals surface area contributed by atoms with Crippen molar-refractivity contribution in [2.24, 2.45) is 0 Å². The largest absolute Gasteiger partial charge is 0.573 e. The minimum Gasteiger partial charge on any atom is -0.405 e. The first-order valence-electron chi connectivity index (χ1n) is 12.3. The summed E-state index contributed by atoms with van der Waals surface area (Å²) in [5.41, 5.74) is 2.60. The first-order chi connectivity index (χ1) is 17.4. The van der Waals surface area contributed by atoms with Crippen molar-refractivity contribution in [2.45, 2.75) is 75.6 Å². The molecule has 1 aliphatic carbocycles. The minimum absolute atomic E-state index is 0.0747. The molecule has 2 bridgehead atoms. The summed E-state index contributed by atoms with van der Waals surface area (Å²) in [4.78, 5) is 2.53. The average molecular weight is 563 g/mol. The number of nitrogens with zero attached hydrogens (tertiary/aromatic N) is 2. The van der Waals surface area contributed by atoms with Gasteiger partial charge in [0.05, 0.1) is 12.7 Å². The SMILES string of the molecule is FC(F)(F)Oc1ccccc1-c1noc(C2CC2)c1COC1C[C@H]2CC[C@@H](C1)N2c1ccc(Br)cc1. The third-order valence-electron chi connectivity index (χ3n) is 7.41. The average Bonchev–Trinajstić information content (AvgIpc) is 3.54. The maximum atomic E-state index is 13.0. The third-order valence-corrected chi connectivity index (χ3v) is 7.94. The molecule has 1 aromatic heterocycles. The number of ether oxygens (including phenoxy) is 2. The number of fused-ring (bicyclic) bond motifs is 2. The van der Waals surface area contributed by atoms with Gasteiger partial charge in [-0.05, 0) is 74.9 Å². The van der Waals surface area contributed by atoms with E-state index in [0.717, 1.165) is 54.3 Å². The van der Waals surface area contributed by atoms with Crippen LogP contribution in [0.2, 0.25) is 0 Å². The molecule has 36 heavy (non-hydrogen) atoms. The Balaban J connectivity index is 1.21. The summed E-state index contributed by atoms with van der Waals surface area (Å²) in [6.45, 7) is 0.257. The van der Waals surface area contributed by atoms with Crippen LogP contribution >= 0.6 is 15.9 Å². The molecule has 3 heterocycles. The van der Waals surface area contributed by atoms with Crippen molar-refractivity contribution in [3.63, 3.8) is 0 Å². The highest BCUT2D eigenvalue weighted by atomic mass is 79.9. The molecule has 1 saturated carbocycles. The van der Waals surface area contributed by atoms with Crippen LogP contribution in [-0.4, -0.2) is 29.7 Å². The molecular weight excluding hydrogens is 537 g/mol. The Hall–Kier alpha value is -2.52. The maximum Gasteiger partial charge on any atom is 0.573 e. The zero-order valence-electron chi connectivity index (χ0n) is 19.5. The standard InChI is InChI=1S/C27H26BrF3N2O3/c28-17-7-9-18(10-8-17)33-19-11-12-20(33)14-21(13-19)34-15-23-25(32-36-26(23)16-5-6-16)22-3-1-2-4-24(22)35-27(29,30)31/h1-4,7-10,16,19-21H,5-6,11-15H2/t19-,20+,21?. The van der Waals surface area contributed by atoms with Crippen LogP contribution in [0, 0.1) is 0 Å². The van der Waals surface area contributed by atoms with Gasteiger partial charge in [0, 0.05) is 39.3 Å². The van der Waals surface area contributed by atoms with Gasteiger partial charge >= 0.3 is 6.36 Å². The van der Waals surface area contributed by atoms with E-state index in [1.165, 1.54) is 17.8 Å². The second-order valence-corrected chi connectivity index (χ2v) is 10.8. The summed E-state index contributed by atoms with van der Waals surface area (Å²) in [5, 5.41) is 4.19. The van der Waals surface area contributed by atoms with Crippen LogP contribution in [-0.2, 0) is 11.3 Å². The zero-order valence-corrected chi connectivity index (χ0v) is 21.1. The van der Waals surface area contributed by atoms with E-state index in [2.05, 4.69) is 55.0 Å². The van der Waals surface area contributed by atoms with Crippen LogP contribution in [0.3, 0.4) is 0 Å². The van der Waals surface area contributed by atoms with Gasteiger partial charge < -0.3 is 18.9 Å². The summed E-state index contributed by atoms with van der Waals surface area (Å²) in [6.07, 6.45) is 1.35. The monoisotopic (exact) mass is 562 g/mol. The normalized spacial score (nSPS) is 23.8. The van der Waals surface area contributed by atoms with Crippen LogP contribution in [0.5, 0.6) is 5.75 Å². The molecule has 3 aliphatic rings. The van der Waals surface area contributed by atoms with Gasteiger partial charge in [0.15, 0.2) is 0 Å². The Morgan fingerprint density at radius 3 is 2.33 bits per heavy atom. The number of anilines is 1. The second kappa shape index (κ2) is 9.41. The molecule has 0 spiro atoms. The van der Waals surface area contributed by atoms with Crippen molar-refractivity contribution < 1.29 is 27.2 Å². The third kappa shape index (κ3) is 4.87. The van der Waals surface area contributed by atoms with Crippen molar-refractivity contribution in [2.75, 3.05) is 4.90 Å². The highest BCUT2D eigenvalue weighted by Crippen LogP contribution is 2.46. The number of alkyl halides is 3. The molecule has 2 saturated heterocycles. The van der Waals surface area contributed by atoms with Crippen LogP contribution in [0.4, 0.5) is 18.9 Å². The lowest BCUT2D eigenvalue weighted by Gasteiger charge is -2.40. The van der Waals surface area contributed by atoms with E-state index >= 15 is 0 Å².